The molecular formula is C29H35N3O2S. The number of anilines is 2. The fraction of sp³-hybridized carbons (Fsp3) is 0.414. The van der Waals surface area contributed by atoms with E-state index >= 15 is 0 Å². The molecule has 2 aliphatic heterocycles. The molecule has 0 unspecified atom stereocenters. The number of carbonyl (C=O) groups is 1. The Morgan fingerprint density at radius 2 is 1.94 bits per heavy atom. The number of ether oxygens (including phenoxy) is 1. The van der Waals surface area contributed by atoms with E-state index in [0.717, 1.165) is 68.1 Å². The van der Waals surface area contributed by atoms with Crippen molar-refractivity contribution >= 4 is 38.7 Å². The lowest BCUT2D eigenvalue weighted by Gasteiger charge is -2.36. The lowest BCUT2D eigenvalue weighted by Crippen LogP contribution is -2.46. The Kier molecular flexibility index (Phi) is 7.40. The Morgan fingerprint density at radius 3 is 2.77 bits per heavy atom. The molecule has 0 spiro atoms. The van der Waals surface area contributed by atoms with Crippen LogP contribution in [0.1, 0.15) is 32.3 Å². The summed E-state index contributed by atoms with van der Waals surface area (Å²) in [4.78, 5) is 17.5. The first-order valence-electron chi connectivity index (χ1n) is 12.8. The monoisotopic (exact) mass is 489 g/mol. The molecule has 6 heteroatoms. The number of fused-ring (bicyclic) bond motifs is 2. The van der Waals surface area contributed by atoms with Crippen molar-refractivity contribution in [2.45, 2.75) is 33.1 Å². The minimum absolute atomic E-state index is 0.00968. The molecule has 2 aromatic carbocycles. The second kappa shape index (κ2) is 10.8. The zero-order chi connectivity index (χ0) is 24.2. The summed E-state index contributed by atoms with van der Waals surface area (Å²) in [6, 6.07) is 15.0. The van der Waals surface area contributed by atoms with Gasteiger partial charge in [0.2, 0.25) is 0 Å². The highest BCUT2D eigenvalue weighted by molar-refractivity contribution is 7.17. The molecule has 0 radical (unpaired) electrons. The molecule has 1 aromatic heterocycles. The molecule has 0 atom stereocenters. The third-order valence-corrected chi connectivity index (χ3v) is 7.74. The number of thiophene rings is 1. The molecule has 0 saturated carbocycles. The van der Waals surface area contributed by atoms with Crippen molar-refractivity contribution in [1.29, 1.82) is 0 Å². The largest absolute Gasteiger partial charge is 0.494 e. The maximum atomic E-state index is 12.4. The van der Waals surface area contributed by atoms with Crippen LogP contribution in [-0.4, -0.2) is 50.1 Å². The number of unbranched alkanes of at least 4 members (excludes halogenated alkanes) is 1. The van der Waals surface area contributed by atoms with E-state index in [2.05, 4.69) is 64.7 Å². The van der Waals surface area contributed by atoms with Crippen molar-refractivity contribution in [2.75, 3.05) is 49.5 Å². The number of hydrogen-bond acceptors (Lipinski definition) is 5. The van der Waals surface area contributed by atoms with Gasteiger partial charge in [0.15, 0.2) is 0 Å². The maximum absolute atomic E-state index is 12.4. The van der Waals surface area contributed by atoms with Crippen molar-refractivity contribution in [3.63, 3.8) is 0 Å². The molecule has 1 fully saturated rings. The van der Waals surface area contributed by atoms with E-state index in [0.29, 0.717) is 18.9 Å². The van der Waals surface area contributed by atoms with Gasteiger partial charge in [-0.05, 0) is 60.5 Å². The van der Waals surface area contributed by atoms with E-state index in [-0.39, 0.29) is 5.91 Å². The van der Waals surface area contributed by atoms with Gasteiger partial charge >= 0.3 is 0 Å². The van der Waals surface area contributed by atoms with Crippen molar-refractivity contribution in [3.8, 4) is 5.75 Å². The lowest BCUT2D eigenvalue weighted by atomic mass is 9.96. The number of piperazine rings is 1. The molecule has 0 bridgehead atoms. The van der Waals surface area contributed by atoms with Crippen LogP contribution >= 0.6 is 11.3 Å². The van der Waals surface area contributed by atoms with Crippen LogP contribution in [-0.2, 0) is 11.2 Å². The smallest absolute Gasteiger partial charge is 0.251 e. The molecule has 1 saturated heterocycles. The summed E-state index contributed by atoms with van der Waals surface area (Å²) < 4.78 is 7.38. The van der Waals surface area contributed by atoms with Gasteiger partial charge in [-0.25, -0.2) is 0 Å². The molecule has 1 amide bonds. The number of nitrogens with one attached hydrogen (secondary N) is 1. The number of nitrogens with zero attached hydrogens (tertiary/aromatic N) is 2. The van der Waals surface area contributed by atoms with Crippen LogP contribution in [0.25, 0.3) is 10.1 Å². The van der Waals surface area contributed by atoms with Crippen LogP contribution in [0.15, 0.2) is 59.5 Å². The number of allylic oxidation sites excluding steroid dienone is 1. The van der Waals surface area contributed by atoms with E-state index < -0.39 is 0 Å². The maximum Gasteiger partial charge on any atom is 0.251 e. The minimum Gasteiger partial charge on any atom is -0.494 e. The molecule has 5 rings (SSSR count). The lowest BCUT2D eigenvalue weighted by molar-refractivity contribution is -0.113. The Balaban J connectivity index is 1.04. The van der Waals surface area contributed by atoms with Crippen molar-refractivity contribution in [3.05, 3.63) is 65.1 Å². The van der Waals surface area contributed by atoms with Crippen LogP contribution in [0.2, 0.25) is 0 Å². The summed E-state index contributed by atoms with van der Waals surface area (Å²) >= 11 is 1.82. The number of rotatable bonds is 8. The average molecular weight is 490 g/mol. The number of benzene rings is 2. The van der Waals surface area contributed by atoms with Crippen molar-refractivity contribution in [2.24, 2.45) is 5.92 Å². The first-order chi connectivity index (χ1) is 17.1. The van der Waals surface area contributed by atoms with Gasteiger partial charge in [0.25, 0.3) is 5.91 Å². The molecule has 2 aliphatic rings. The van der Waals surface area contributed by atoms with E-state index in [1.165, 1.54) is 15.8 Å². The van der Waals surface area contributed by atoms with E-state index in [9.17, 15) is 4.79 Å². The molecular weight excluding hydrogens is 454 g/mol. The molecule has 5 nitrogen and oxygen atoms in total. The fourth-order valence-electron chi connectivity index (χ4n) is 5.03. The highest BCUT2D eigenvalue weighted by Gasteiger charge is 2.21. The molecule has 1 N–H and O–H groups in total. The standard InChI is InChI=1S/C29H35N3O2S/c1-21(2)18-23-19-22-8-9-24(20-26(22)30-29(23)33)34-16-4-3-11-31-12-14-32(15-13-31)27-6-5-7-28-25(27)10-17-35-28/h5-10,17-18,20-21H,3-4,11-16,19H2,1-2H3,(H,30,33). The van der Waals surface area contributed by atoms with Gasteiger partial charge in [-0.2, -0.15) is 0 Å². The molecule has 3 heterocycles. The van der Waals surface area contributed by atoms with E-state index in [1.54, 1.807) is 0 Å². The zero-order valence-electron chi connectivity index (χ0n) is 20.8. The highest BCUT2D eigenvalue weighted by atomic mass is 32.1. The summed E-state index contributed by atoms with van der Waals surface area (Å²) in [5, 5.41) is 6.60. The zero-order valence-corrected chi connectivity index (χ0v) is 21.6. The highest BCUT2D eigenvalue weighted by Crippen LogP contribution is 2.31. The minimum atomic E-state index is 0.00968. The molecule has 35 heavy (non-hydrogen) atoms. The number of amides is 1. The van der Waals surface area contributed by atoms with Crippen LogP contribution in [0.4, 0.5) is 11.4 Å². The first-order valence-corrected chi connectivity index (χ1v) is 13.7. The summed E-state index contributed by atoms with van der Waals surface area (Å²) in [6.07, 6.45) is 4.90. The Labute approximate surface area is 212 Å². The fourth-order valence-corrected chi connectivity index (χ4v) is 5.84. The normalized spacial score (nSPS) is 17.7. The van der Waals surface area contributed by atoms with Crippen molar-refractivity contribution in [1.82, 2.24) is 4.90 Å². The summed E-state index contributed by atoms with van der Waals surface area (Å²) in [5.41, 5.74) is 4.26. The van der Waals surface area contributed by atoms with E-state index in [4.69, 9.17) is 4.74 Å². The molecule has 184 valence electrons. The number of carbonyl (C=O) groups excluding carboxylic acids is 1. The predicted molar refractivity (Wildman–Crippen MR) is 147 cm³/mol. The van der Waals surface area contributed by atoms with Gasteiger partial charge < -0.3 is 15.0 Å². The summed E-state index contributed by atoms with van der Waals surface area (Å²) in [6.45, 7) is 10.4. The van der Waals surface area contributed by atoms with Crippen LogP contribution in [0.5, 0.6) is 5.75 Å². The Bertz CT molecular complexity index is 1210. The topological polar surface area (TPSA) is 44.8 Å². The van der Waals surface area contributed by atoms with Crippen LogP contribution in [0.3, 0.4) is 0 Å². The second-order valence-electron chi connectivity index (χ2n) is 9.88. The number of hydrogen-bond donors (Lipinski definition) is 1. The third kappa shape index (κ3) is 5.71. The SMILES string of the molecule is CC(C)C=C1Cc2ccc(OCCCCN3CCN(c4cccc5sccc45)CC3)cc2NC1=O. The first kappa shape index (κ1) is 23.9. The summed E-state index contributed by atoms with van der Waals surface area (Å²) in [7, 11) is 0. The van der Waals surface area contributed by atoms with Crippen LogP contribution in [0, 0.1) is 5.92 Å². The van der Waals surface area contributed by atoms with Gasteiger partial charge in [-0.15, -0.1) is 11.3 Å². The van der Waals surface area contributed by atoms with Crippen molar-refractivity contribution < 1.29 is 9.53 Å². The third-order valence-electron chi connectivity index (χ3n) is 6.86. The second-order valence-corrected chi connectivity index (χ2v) is 10.8. The Morgan fingerprint density at radius 1 is 1.09 bits per heavy atom. The predicted octanol–water partition coefficient (Wildman–Crippen LogP) is 5.96. The molecule has 0 aliphatic carbocycles. The van der Waals surface area contributed by atoms with Gasteiger partial charge in [0, 0.05) is 65.7 Å². The van der Waals surface area contributed by atoms with E-state index in [1.807, 2.05) is 29.5 Å². The Hall–Kier alpha value is -2.83. The van der Waals surface area contributed by atoms with Gasteiger partial charge in [-0.3, -0.25) is 9.69 Å². The molecule has 3 aromatic rings. The van der Waals surface area contributed by atoms with Gasteiger partial charge in [0.05, 0.1) is 6.61 Å². The van der Waals surface area contributed by atoms with Gasteiger partial charge in [-0.1, -0.05) is 32.1 Å². The van der Waals surface area contributed by atoms with Gasteiger partial charge in [0.1, 0.15) is 5.75 Å². The average Bonchev–Trinajstić information content (AvgIpc) is 3.34. The van der Waals surface area contributed by atoms with Crippen LogP contribution < -0.4 is 15.0 Å². The summed E-state index contributed by atoms with van der Waals surface area (Å²) in [5.74, 6) is 1.21. The quantitative estimate of drug-likeness (QED) is 0.313.